The van der Waals surface area contributed by atoms with E-state index in [1.165, 1.54) is 31.9 Å². The van der Waals surface area contributed by atoms with Gasteiger partial charge in [-0.15, -0.1) is 0 Å². The summed E-state index contributed by atoms with van der Waals surface area (Å²) >= 11 is 0. The third-order valence-electron chi connectivity index (χ3n) is 4.12. The lowest BCUT2D eigenvalue weighted by molar-refractivity contribution is -0.139. The molecule has 0 aliphatic carbocycles. The van der Waals surface area contributed by atoms with Gasteiger partial charge in [0.15, 0.2) is 0 Å². The van der Waals surface area contributed by atoms with Gasteiger partial charge in [0.05, 0.1) is 5.56 Å². The molecule has 1 saturated heterocycles. The van der Waals surface area contributed by atoms with Crippen LogP contribution in [0.4, 0.5) is 5.82 Å². The quantitative estimate of drug-likeness (QED) is 0.841. The Balaban J connectivity index is 2.00. The molecule has 1 aliphatic rings. The Morgan fingerprint density at radius 3 is 2.48 bits per heavy atom. The second-order valence-corrected chi connectivity index (χ2v) is 5.96. The zero-order valence-electron chi connectivity index (χ0n) is 13.6. The Labute approximate surface area is 136 Å². The number of pyridine rings is 1. The van der Waals surface area contributed by atoms with Crippen molar-refractivity contribution in [2.24, 2.45) is 0 Å². The summed E-state index contributed by atoms with van der Waals surface area (Å²) in [5, 5.41) is 11.7. The Bertz CT molecular complexity index is 522. The summed E-state index contributed by atoms with van der Waals surface area (Å²) in [6, 6.07) is 2.71. The number of nitrogens with zero attached hydrogens (tertiary/aromatic N) is 2. The molecule has 0 bridgehead atoms. The summed E-state index contributed by atoms with van der Waals surface area (Å²) < 4.78 is 0. The lowest BCUT2D eigenvalue weighted by Crippen LogP contribution is -2.40. The molecule has 2 N–H and O–H groups in total. The van der Waals surface area contributed by atoms with E-state index in [9.17, 15) is 9.59 Å². The molecule has 1 atom stereocenters. The van der Waals surface area contributed by atoms with E-state index in [1.807, 2.05) is 13.0 Å². The normalized spacial score (nSPS) is 16.5. The van der Waals surface area contributed by atoms with Crippen molar-refractivity contribution < 1.29 is 14.7 Å². The largest absolute Gasteiger partial charge is 0.480 e. The van der Waals surface area contributed by atoms with Crippen LogP contribution in [0.2, 0.25) is 0 Å². The van der Waals surface area contributed by atoms with Crippen molar-refractivity contribution in [1.82, 2.24) is 10.3 Å². The fourth-order valence-electron chi connectivity index (χ4n) is 2.79. The van der Waals surface area contributed by atoms with E-state index in [0.29, 0.717) is 18.4 Å². The summed E-state index contributed by atoms with van der Waals surface area (Å²) in [6.07, 6.45) is 7.49. The molecule has 0 aromatic carbocycles. The van der Waals surface area contributed by atoms with Crippen molar-refractivity contribution >= 4 is 17.7 Å². The molecule has 0 spiro atoms. The van der Waals surface area contributed by atoms with Crippen LogP contribution in [0.3, 0.4) is 0 Å². The van der Waals surface area contributed by atoms with E-state index in [2.05, 4.69) is 15.2 Å². The van der Waals surface area contributed by atoms with Crippen LogP contribution < -0.4 is 10.2 Å². The first-order valence-electron chi connectivity index (χ1n) is 8.36. The predicted octanol–water partition coefficient (Wildman–Crippen LogP) is 2.45. The number of carboxylic acid groups (broad SMARTS) is 1. The van der Waals surface area contributed by atoms with Crippen molar-refractivity contribution in [3.63, 3.8) is 0 Å². The summed E-state index contributed by atoms with van der Waals surface area (Å²) in [4.78, 5) is 29.9. The van der Waals surface area contributed by atoms with Crippen LogP contribution in [0.25, 0.3) is 0 Å². The molecule has 2 heterocycles. The van der Waals surface area contributed by atoms with E-state index in [-0.39, 0.29) is 5.91 Å². The maximum atomic E-state index is 12.1. The van der Waals surface area contributed by atoms with Crippen molar-refractivity contribution in [2.75, 3.05) is 18.0 Å². The first kappa shape index (κ1) is 17.2. The molecular weight excluding hydrogens is 294 g/mol. The number of anilines is 1. The van der Waals surface area contributed by atoms with Gasteiger partial charge >= 0.3 is 5.97 Å². The highest BCUT2D eigenvalue weighted by Crippen LogP contribution is 2.17. The van der Waals surface area contributed by atoms with Crippen molar-refractivity contribution in [2.45, 2.75) is 51.5 Å². The lowest BCUT2D eigenvalue weighted by Gasteiger charge is -2.21. The molecule has 1 aromatic heterocycles. The monoisotopic (exact) mass is 319 g/mol. The van der Waals surface area contributed by atoms with Gasteiger partial charge in [0.25, 0.3) is 5.91 Å². The van der Waals surface area contributed by atoms with Gasteiger partial charge in [-0.3, -0.25) is 4.79 Å². The molecule has 2 rings (SSSR count). The number of carbonyl (C=O) groups excluding carboxylic acids is 1. The molecule has 1 amide bonds. The van der Waals surface area contributed by atoms with E-state index < -0.39 is 12.0 Å². The smallest absolute Gasteiger partial charge is 0.326 e. The summed E-state index contributed by atoms with van der Waals surface area (Å²) in [6.45, 7) is 3.88. The van der Waals surface area contributed by atoms with Gasteiger partial charge in [0.1, 0.15) is 11.9 Å². The number of amides is 1. The van der Waals surface area contributed by atoms with Gasteiger partial charge in [-0.2, -0.15) is 0 Å². The van der Waals surface area contributed by atoms with Gasteiger partial charge in [-0.1, -0.05) is 26.2 Å². The van der Waals surface area contributed by atoms with Gasteiger partial charge in [0, 0.05) is 19.3 Å². The molecule has 1 aromatic rings. The zero-order chi connectivity index (χ0) is 16.7. The highest BCUT2D eigenvalue weighted by molar-refractivity contribution is 5.96. The summed E-state index contributed by atoms with van der Waals surface area (Å²) in [7, 11) is 0. The minimum absolute atomic E-state index is 0.388. The molecule has 0 radical (unpaired) electrons. The zero-order valence-corrected chi connectivity index (χ0v) is 13.6. The van der Waals surface area contributed by atoms with Crippen molar-refractivity contribution in [3.05, 3.63) is 23.9 Å². The molecule has 1 unspecified atom stereocenters. The van der Waals surface area contributed by atoms with Crippen molar-refractivity contribution in [3.8, 4) is 0 Å². The first-order valence-corrected chi connectivity index (χ1v) is 8.36. The van der Waals surface area contributed by atoms with Crippen LogP contribution in [-0.2, 0) is 4.79 Å². The molecule has 1 fully saturated rings. The lowest BCUT2D eigenvalue weighted by atomic mass is 10.1. The van der Waals surface area contributed by atoms with Crippen LogP contribution in [0.1, 0.15) is 55.8 Å². The molecule has 6 nitrogen and oxygen atoms in total. The Morgan fingerprint density at radius 2 is 1.96 bits per heavy atom. The minimum atomic E-state index is -1.01. The fraction of sp³-hybridized carbons (Fsp3) is 0.588. The Kier molecular flexibility index (Phi) is 6.38. The van der Waals surface area contributed by atoms with E-state index in [4.69, 9.17) is 5.11 Å². The molecule has 6 heteroatoms. The van der Waals surface area contributed by atoms with Crippen LogP contribution in [-0.4, -0.2) is 41.1 Å². The van der Waals surface area contributed by atoms with Gasteiger partial charge < -0.3 is 15.3 Å². The second kappa shape index (κ2) is 8.50. The van der Waals surface area contributed by atoms with Crippen molar-refractivity contribution in [1.29, 1.82) is 0 Å². The highest BCUT2D eigenvalue weighted by atomic mass is 16.4. The molecule has 1 aliphatic heterocycles. The minimum Gasteiger partial charge on any atom is -0.480 e. The predicted molar refractivity (Wildman–Crippen MR) is 88.7 cm³/mol. The average Bonchev–Trinajstić information content (AvgIpc) is 2.83. The van der Waals surface area contributed by atoms with E-state index >= 15 is 0 Å². The molecule has 23 heavy (non-hydrogen) atoms. The number of nitrogens with one attached hydrogen (secondary N) is 1. The number of carbonyl (C=O) groups is 2. The molecule has 0 saturated carbocycles. The van der Waals surface area contributed by atoms with E-state index in [0.717, 1.165) is 18.9 Å². The van der Waals surface area contributed by atoms with Crippen LogP contribution >= 0.6 is 0 Å². The Hall–Kier alpha value is -2.11. The third-order valence-corrected chi connectivity index (χ3v) is 4.12. The van der Waals surface area contributed by atoms with Crippen LogP contribution in [0.15, 0.2) is 18.3 Å². The van der Waals surface area contributed by atoms with Gasteiger partial charge in [-0.05, 0) is 31.4 Å². The van der Waals surface area contributed by atoms with Gasteiger partial charge in [0.2, 0.25) is 0 Å². The standard InChI is InChI=1S/C17H25N3O3/c1-2-7-14(17(22)23)19-16(21)13-8-9-15(18-12-13)20-10-5-3-4-6-11-20/h8-9,12,14H,2-7,10-11H2,1H3,(H,19,21)(H,22,23). The maximum absolute atomic E-state index is 12.1. The van der Waals surface area contributed by atoms with Gasteiger partial charge in [-0.25, -0.2) is 9.78 Å². The number of hydrogen-bond acceptors (Lipinski definition) is 4. The highest BCUT2D eigenvalue weighted by Gasteiger charge is 2.20. The number of carboxylic acids is 1. The second-order valence-electron chi connectivity index (χ2n) is 5.96. The van der Waals surface area contributed by atoms with Crippen LogP contribution in [0.5, 0.6) is 0 Å². The maximum Gasteiger partial charge on any atom is 0.326 e. The molecular formula is C17H25N3O3. The summed E-state index contributed by atoms with van der Waals surface area (Å²) in [5.74, 6) is -0.512. The molecule has 126 valence electrons. The van der Waals surface area contributed by atoms with E-state index in [1.54, 1.807) is 6.07 Å². The number of hydrogen-bond donors (Lipinski definition) is 2. The SMILES string of the molecule is CCCC(NC(=O)c1ccc(N2CCCCCC2)nc1)C(=O)O. The Morgan fingerprint density at radius 1 is 1.26 bits per heavy atom. The number of aromatic nitrogens is 1. The third kappa shape index (κ3) is 4.94. The fourth-order valence-corrected chi connectivity index (χ4v) is 2.79. The topological polar surface area (TPSA) is 82.5 Å². The summed E-state index contributed by atoms with van der Waals surface area (Å²) in [5.41, 5.74) is 0.394. The van der Waals surface area contributed by atoms with Crippen LogP contribution in [0, 0.1) is 0 Å². The number of aliphatic carboxylic acids is 1. The first-order chi connectivity index (χ1) is 11.1. The number of rotatable bonds is 6. The average molecular weight is 319 g/mol.